The molecule has 0 unspecified atom stereocenters. The maximum Gasteiger partial charge on any atom is 0.303 e. The molecule has 0 fully saturated rings. The smallest absolute Gasteiger partial charge is 0.303 e. The molecule has 2 aromatic heterocycles. The van der Waals surface area contributed by atoms with E-state index in [1.165, 1.54) is 0 Å². The minimum Gasteiger partial charge on any atom is -0.494 e. The predicted molar refractivity (Wildman–Crippen MR) is 166 cm³/mol. The number of nitrogens with zero attached hydrogens (tertiary/aromatic N) is 2. The van der Waals surface area contributed by atoms with Crippen LogP contribution in [0.2, 0.25) is 0 Å². The van der Waals surface area contributed by atoms with Crippen molar-refractivity contribution < 1.29 is 29.7 Å². The van der Waals surface area contributed by atoms with Gasteiger partial charge in [0.25, 0.3) is 5.91 Å². The van der Waals surface area contributed by atoms with Crippen LogP contribution in [-0.2, 0) is 27.2 Å². The van der Waals surface area contributed by atoms with Crippen LogP contribution < -0.4 is 10.7 Å². The first-order chi connectivity index (χ1) is 20.4. The number of aromatic nitrogens is 2. The Labute approximate surface area is 250 Å². The van der Waals surface area contributed by atoms with Crippen LogP contribution in [-0.4, -0.2) is 54.6 Å². The summed E-state index contributed by atoms with van der Waals surface area (Å²) in [4.78, 5) is 51.1. The third-order valence-corrected chi connectivity index (χ3v) is 8.67. The Balaban J connectivity index is 1.83. The van der Waals surface area contributed by atoms with E-state index in [9.17, 15) is 29.7 Å². The molecule has 4 rings (SSSR count). The number of H-pyrrole nitrogens is 2. The number of carbonyl (C=O) groups is 3. The quantitative estimate of drug-likeness (QED) is 0.249. The van der Waals surface area contributed by atoms with Crippen molar-refractivity contribution in [2.75, 3.05) is 0 Å². The average Bonchev–Trinajstić information content (AvgIpc) is 3.59. The van der Waals surface area contributed by atoms with Gasteiger partial charge in [0.15, 0.2) is 5.88 Å². The van der Waals surface area contributed by atoms with Gasteiger partial charge in [0.1, 0.15) is 0 Å². The van der Waals surface area contributed by atoms with E-state index in [0.29, 0.717) is 48.0 Å². The number of hydrogen-bond acceptors (Lipinski definition) is 5. The third-order valence-electron chi connectivity index (χ3n) is 8.67. The van der Waals surface area contributed by atoms with E-state index in [2.05, 4.69) is 15.0 Å². The Hall–Kier alpha value is -4.47. The Kier molecular flexibility index (Phi) is 9.37. The van der Waals surface area contributed by atoms with Crippen LogP contribution in [0.5, 0.6) is 5.88 Å². The van der Waals surface area contributed by atoms with Gasteiger partial charge in [0.2, 0.25) is 0 Å². The number of carbonyl (C=O) groups excluding carboxylic acids is 1. The molecule has 0 bridgehead atoms. The van der Waals surface area contributed by atoms with E-state index in [0.717, 1.165) is 56.6 Å². The van der Waals surface area contributed by atoms with Gasteiger partial charge in [-0.1, -0.05) is 13.8 Å². The first-order valence-corrected chi connectivity index (χ1v) is 14.7. The van der Waals surface area contributed by atoms with E-state index in [4.69, 9.17) is 4.99 Å². The molecule has 0 spiro atoms. The standard InChI is InChI=1S/C33H40N4O6/c1-7-20-19(6)32(42)37-27(20)14-25-18(5)23(10-12-31(40)41)29(35-25)15-28-22(9-11-30(38)39)17(4)24(34-28)13-26-16(3)21(8-2)33(43)36-26/h14-15,22,35,37,42H,7-13H2,1-6H3,(H,38,39)(H,40,41)/b25-14-,29-15-/t22-/m1/s1. The minimum absolute atomic E-state index is 0.0371. The fourth-order valence-electron chi connectivity index (χ4n) is 6.06. The van der Waals surface area contributed by atoms with Crippen molar-refractivity contribution in [2.45, 2.75) is 86.5 Å². The van der Waals surface area contributed by atoms with Crippen LogP contribution in [0.15, 0.2) is 32.4 Å². The summed E-state index contributed by atoms with van der Waals surface area (Å²) in [7, 11) is 0. The molecule has 10 heteroatoms. The van der Waals surface area contributed by atoms with Gasteiger partial charge in [0.05, 0.1) is 5.71 Å². The minimum atomic E-state index is -0.908. The molecule has 2 aromatic rings. The second-order valence-electron chi connectivity index (χ2n) is 11.2. The number of aliphatic carboxylic acids is 2. The van der Waals surface area contributed by atoms with Crippen LogP contribution in [0.3, 0.4) is 0 Å². The lowest BCUT2D eigenvalue weighted by atomic mass is 9.90. The maximum atomic E-state index is 12.4. The zero-order chi connectivity index (χ0) is 31.6. The van der Waals surface area contributed by atoms with Crippen LogP contribution >= 0.6 is 0 Å². The molecule has 228 valence electrons. The Morgan fingerprint density at radius 3 is 2.19 bits per heavy atom. The van der Waals surface area contributed by atoms with Crippen molar-refractivity contribution in [3.63, 3.8) is 0 Å². The lowest BCUT2D eigenvalue weighted by Crippen LogP contribution is -2.19. The summed E-state index contributed by atoms with van der Waals surface area (Å²) in [5.41, 5.74) is 8.92. The summed E-state index contributed by atoms with van der Waals surface area (Å²) in [5.74, 6) is -2.16. The lowest BCUT2D eigenvalue weighted by molar-refractivity contribution is -0.138. The fourth-order valence-corrected chi connectivity index (χ4v) is 6.06. The summed E-state index contributed by atoms with van der Waals surface area (Å²) in [6.45, 7) is 11.6. The highest BCUT2D eigenvalue weighted by Crippen LogP contribution is 2.34. The Bertz CT molecular complexity index is 1750. The second kappa shape index (κ2) is 12.8. The highest BCUT2D eigenvalue weighted by atomic mass is 16.4. The molecular formula is C33H40N4O6. The fraction of sp³-hybridized carbons (Fsp3) is 0.424. The normalized spacial score (nSPS) is 17.9. The number of carboxylic acid groups (broad SMARTS) is 2. The molecule has 2 aliphatic heterocycles. The van der Waals surface area contributed by atoms with Gasteiger partial charge in [-0.3, -0.25) is 19.4 Å². The molecule has 10 nitrogen and oxygen atoms in total. The molecular weight excluding hydrogens is 548 g/mol. The van der Waals surface area contributed by atoms with Gasteiger partial charge >= 0.3 is 11.9 Å². The topological polar surface area (TPSA) is 168 Å². The Morgan fingerprint density at radius 1 is 0.884 bits per heavy atom. The lowest BCUT2D eigenvalue weighted by Gasteiger charge is -2.12. The van der Waals surface area contributed by atoms with E-state index in [1.807, 2.05) is 53.7 Å². The van der Waals surface area contributed by atoms with E-state index < -0.39 is 11.9 Å². The zero-order valence-electron chi connectivity index (χ0n) is 25.6. The number of aromatic amines is 2. The van der Waals surface area contributed by atoms with Crippen LogP contribution in [0.1, 0.15) is 87.7 Å². The van der Waals surface area contributed by atoms with Gasteiger partial charge in [0, 0.05) is 64.1 Å². The molecule has 4 heterocycles. The monoisotopic (exact) mass is 588 g/mol. The van der Waals surface area contributed by atoms with E-state index >= 15 is 0 Å². The van der Waals surface area contributed by atoms with E-state index in [1.54, 1.807) is 0 Å². The van der Waals surface area contributed by atoms with Crippen molar-refractivity contribution in [1.29, 1.82) is 0 Å². The second-order valence-corrected chi connectivity index (χ2v) is 11.2. The summed E-state index contributed by atoms with van der Waals surface area (Å²) in [6.07, 6.45) is 6.06. The molecule has 2 aliphatic rings. The number of hydrogen-bond donors (Lipinski definition) is 5. The van der Waals surface area contributed by atoms with Gasteiger partial charge in [-0.05, 0) is 93.4 Å². The molecule has 0 aliphatic carbocycles. The van der Waals surface area contributed by atoms with Crippen molar-refractivity contribution in [2.24, 2.45) is 15.9 Å². The number of carboxylic acids is 2. The van der Waals surface area contributed by atoms with Gasteiger partial charge in [-0.25, -0.2) is 4.99 Å². The predicted octanol–water partition coefficient (Wildman–Crippen LogP) is 4.16. The summed E-state index contributed by atoms with van der Waals surface area (Å²) in [6, 6.07) is 0. The zero-order valence-corrected chi connectivity index (χ0v) is 25.6. The van der Waals surface area contributed by atoms with Crippen LogP contribution in [0.25, 0.3) is 12.2 Å². The first-order valence-electron chi connectivity index (χ1n) is 14.7. The number of amides is 1. The van der Waals surface area contributed by atoms with Crippen molar-refractivity contribution in [3.05, 3.63) is 61.1 Å². The largest absolute Gasteiger partial charge is 0.494 e. The average molecular weight is 589 g/mol. The summed E-state index contributed by atoms with van der Waals surface area (Å²) in [5, 5.41) is 30.7. The number of aromatic hydroxyl groups is 1. The molecule has 0 aromatic carbocycles. The summed E-state index contributed by atoms with van der Waals surface area (Å²) < 4.78 is 0. The molecule has 1 amide bonds. The highest BCUT2D eigenvalue weighted by molar-refractivity contribution is 6.20. The maximum absolute atomic E-state index is 12.4. The van der Waals surface area contributed by atoms with Gasteiger partial charge < -0.3 is 25.3 Å². The highest BCUT2D eigenvalue weighted by Gasteiger charge is 2.30. The Morgan fingerprint density at radius 2 is 1.58 bits per heavy atom. The van der Waals surface area contributed by atoms with E-state index in [-0.39, 0.29) is 30.5 Å². The summed E-state index contributed by atoms with van der Waals surface area (Å²) >= 11 is 0. The van der Waals surface area contributed by atoms with Crippen molar-refractivity contribution >= 4 is 41.4 Å². The number of nitrogens with one attached hydrogen (secondary N) is 2. The van der Waals surface area contributed by atoms with Crippen molar-refractivity contribution in [1.82, 2.24) is 9.97 Å². The number of aliphatic imine (C=N–C) groups is 2. The number of allylic oxidation sites excluding steroid dienone is 3. The SMILES string of the molecule is CCC1=C(C)C(CC2=C(C)[C@@H](CCC(=O)O)C(/C=c3\[nH]/c(=C\c4[nH]c(O)c(C)c4CC)c(C)c3CCC(=O)O)=N2)=NC1=O. The molecule has 0 saturated carbocycles. The molecule has 1 atom stereocenters. The first kappa shape index (κ1) is 31.5. The molecule has 5 N–H and O–H groups in total. The number of rotatable bonds is 12. The molecule has 0 saturated heterocycles. The van der Waals surface area contributed by atoms with Crippen LogP contribution in [0.4, 0.5) is 0 Å². The molecule has 43 heavy (non-hydrogen) atoms. The van der Waals surface area contributed by atoms with Crippen LogP contribution in [0, 0.1) is 19.8 Å². The van der Waals surface area contributed by atoms with Gasteiger partial charge in [-0.15, -0.1) is 0 Å². The third kappa shape index (κ3) is 6.48. The van der Waals surface area contributed by atoms with Crippen molar-refractivity contribution in [3.8, 4) is 5.88 Å². The molecule has 0 radical (unpaired) electrons. The van der Waals surface area contributed by atoms with Gasteiger partial charge in [-0.2, -0.15) is 0 Å².